The molecule has 0 saturated heterocycles. The molecule has 0 bridgehead atoms. The molecular weight excluding hydrogens is 199 g/mol. The minimum Gasteiger partial charge on any atom is -0.275 e. The lowest BCUT2D eigenvalue weighted by Gasteiger charge is -1.91. The van der Waals surface area contributed by atoms with Gasteiger partial charge in [0.2, 0.25) is 0 Å². The summed E-state index contributed by atoms with van der Waals surface area (Å²) in [6.07, 6.45) is 0.647. The molecule has 1 rings (SSSR count). The number of nitrogens with zero attached hydrogens (tertiary/aromatic N) is 2. The fraction of sp³-hybridized carbons (Fsp3) is 0.429. The standard InChI is InChI=1S/C7H8Cl2N2O/c1-3-4-5(7(9)12)6(8)11(2)10-4/h3H2,1-2H3. The molecule has 0 fully saturated rings. The number of carbonyl (C=O) groups is 1. The summed E-state index contributed by atoms with van der Waals surface area (Å²) in [4.78, 5) is 10.9. The van der Waals surface area contributed by atoms with Crippen LogP contribution in [0.4, 0.5) is 0 Å². The molecule has 1 aromatic rings. The number of hydrogen-bond donors (Lipinski definition) is 0. The zero-order chi connectivity index (χ0) is 9.30. The Labute approximate surface area is 80.3 Å². The Bertz CT molecular complexity index is 319. The second kappa shape index (κ2) is 3.46. The molecular formula is C7H8Cl2N2O. The molecule has 0 aliphatic rings. The van der Waals surface area contributed by atoms with Crippen LogP contribution in [0, 0.1) is 0 Å². The van der Waals surface area contributed by atoms with Gasteiger partial charge in [-0.3, -0.25) is 9.48 Å². The first-order valence-electron chi connectivity index (χ1n) is 3.49. The Morgan fingerprint density at radius 3 is 2.58 bits per heavy atom. The van der Waals surface area contributed by atoms with Crippen molar-refractivity contribution in [2.45, 2.75) is 13.3 Å². The molecule has 0 spiro atoms. The SMILES string of the molecule is CCc1nn(C)c(Cl)c1C(=O)Cl. The van der Waals surface area contributed by atoms with Crippen LogP contribution < -0.4 is 0 Å². The first-order chi connectivity index (χ1) is 5.57. The lowest BCUT2D eigenvalue weighted by atomic mass is 10.2. The molecule has 0 aliphatic heterocycles. The van der Waals surface area contributed by atoms with Crippen LogP contribution in [0.25, 0.3) is 0 Å². The van der Waals surface area contributed by atoms with Crippen LogP contribution in [0.3, 0.4) is 0 Å². The molecule has 0 amide bonds. The molecule has 66 valence electrons. The van der Waals surface area contributed by atoms with Gasteiger partial charge in [-0.05, 0) is 18.0 Å². The summed E-state index contributed by atoms with van der Waals surface area (Å²) in [5.41, 5.74) is 0.964. The molecule has 0 unspecified atom stereocenters. The highest BCUT2D eigenvalue weighted by Crippen LogP contribution is 2.21. The van der Waals surface area contributed by atoms with Crippen molar-refractivity contribution in [3.8, 4) is 0 Å². The summed E-state index contributed by atoms with van der Waals surface area (Å²) in [5, 5.41) is 3.78. The largest absolute Gasteiger partial charge is 0.275 e. The highest BCUT2D eigenvalue weighted by atomic mass is 35.5. The first kappa shape index (κ1) is 9.55. The molecule has 0 radical (unpaired) electrons. The zero-order valence-electron chi connectivity index (χ0n) is 6.77. The van der Waals surface area contributed by atoms with E-state index >= 15 is 0 Å². The van der Waals surface area contributed by atoms with Crippen LogP contribution in [-0.4, -0.2) is 15.0 Å². The Kier molecular flexibility index (Phi) is 2.75. The molecule has 0 saturated carbocycles. The van der Waals surface area contributed by atoms with Gasteiger partial charge in [-0.2, -0.15) is 5.10 Å². The third-order valence-electron chi connectivity index (χ3n) is 1.58. The normalized spacial score (nSPS) is 10.3. The third kappa shape index (κ3) is 1.47. The number of hydrogen-bond acceptors (Lipinski definition) is 2. The zero-order valence-corrected chi connectivity index (χ0v) is 8.28. The van der Waals surface area contributed by atoms with Crippen molar-refractivity contribution < 1.29 is 4.79 Å². The van der Waals surface area contributed by atoms with Crippen LogP contribution >= 0.6 is 23.2 Å². The van der Waals surface area contributed by atoms with Gasteiger partial charge in [-0.15, -0.1) is 0 Å². The Morgan fingerprint density at radius 2 is 2.25 bits per heavy atom. The lowest BCUT2D eigenvalue weighted by molar-refractivity contribution is 0.108. The van der Waals surface area contributed by atoms with Crippen molar-refractivity contribution in [2.24, 2.45) is 7.05 Å². The average Bonchev–Trinajstić information content (AvgIpc) is 2.28. The van der Waals surface area contributed by atoms with E-state index in [1.54, 1.807) is 7.05 Å². The molecule has 1 aromatic heterocycles. The maximum absolute atomic E-state index is 10.9. The van der Waals surface area contributed by atoms with Gasteiger partial charge < -0.3 is 0 Å². The van der Waals surface area contributed by atoms with Crippen LogP contribution in [0.1, 0.15) is 23.0 Å². The van der Waals surface area contributed by atoms with E-state index in [2.05, 4.69) is 5.10 Å². The highest BCUT2D eigenvalue weighted by molar-refractivity contribution is 6.68. The number of aromatic nitrogens is 2. The lowest BCUT2D eigenvalue weighted by Crippen LogP contribution is -1.93. The third-order valence-corrected chi connectivity index (χ3v) is 2.20. The minimum absolute atomic E-state index is 0.298. The maximum Gasteiger partial charge on any atom is 0.257 e. The van der Waals surface area contributed by atoms with Crippen molar-refractivity contribution >= 4 is 28.4 Å². The summed E-state index contributed by atoms with van der Waals surface area (Å²) in [7, 11) is 1.67. The molecule has 0 aliphatic carbocycles. The van der Waals surface area contributed by atoms with E-state index in [1.807, 2.05) is 6.92 Å². The van der Waals surface area contributed by atoms with Crippen LogP contribution in [0.5, 0.6) is 0 Å². The summed E-state index contributed by atoms with van der Waals surface area (Å²) in [6.45, 7) is 1.89. The molecule has 12 heavy (non-hydrogen) atoms. The second-order valence-corrected chi connectivity index (χ2v) is 3.06. The molecule has 0 atom stereocenters. The first-order valence-corrected chi connectivity index (χ1v) is 4.24. The van der Waals surface area contributed by atoms with E-state index in [4.69, 9.17) is 23.2 Å². The summed E-state index contributed by atoms with van der Waals surface area (Å²) < 4.78 is 1.44. The van der Waals surface area contributed by atoms with Crippen molar-refractivity contribution in [3.63, 3.8) is 0 Å². The predicted octanol–water partition coefficient (Wildman–Crippen LogP) is 2.01. The van der Waals surface area contributed by atoms with E-state index in [9.17, 15) is 4.79 Å². The van der Waals surface area contributed by atoms with Crippen molar-refractivity contribution in [2.75, 3.05) is 0 Å². The molecule has 5 heteroatoms. The van der Waals surface area contributed by atoms with E-state index in [0.29, 0.717) is 22.8 Å². The van der Waals surface area contributed by atoms with Gasteiger partial charge in [-0.1, -0.05) is 18.5 Å². The summed E-state index contributed by atoms with van der Waals surface area (Å²) >= 11 is 11.1. The Hall–Kier alpha value is -0.540. The average molecular weight is 207 g/mol. The Morgan fingerprint density at radius 1 is 1.67 bits per heavy atom. The highest BCUT2D eigenvalue weighted by Gasteiger charge is 2.18. The van der Waals surface area contributed by atoms with E-state index in [1.165, 1.54) is 4.68 Å². The summed E-state index contributed by atoms with van der Waals surface area (Å²) in [6, 6.07) is 0. The molecule has 0 aromatic carbocycles. The molecule has 0 N–H and O–H groups in total. The van der Waals surface area contributed by atoms with Gasteiger partial charge in [0, 0.05) is 7.05 Å². The van der Waals surface area contributed by atoms with E-state index in [0.717, 1.165) is 0 Å². The Balaban J connectivity index is 3.31. The number of halogens is 2. The van der Waals surface area contributed by atoms with Crippen molar-refractivity contribution in [1.29, 1.82) is 0 Å². The minimum atomic E-state index is -0.551. The van der Waals surface area contributed by atoms with Gasteiger partial charge in [-0.25, -0.2) is 0 Å². The van der Waals surface area contributed by atoms with Crippen LogP contribution in [0.2, 0.25) is 5.15 Å². The number of carbonyl (C=O) groups excluding carboxylic acids is 1. The second-order valence-electron chi connectivity index (χ2n) is 2.36. The monoisotopic (exact) mass is 206 g/mol. The van der Waals surface area contributed by atoms with Crippen molar-refractivity contribution in [3.05, 3.63) is 16.4 Å². The molecule has 3 nitrogen and oxygen atoms in total. The van der Waals surface area contributed by atoms with Gasteiger partial charge in [0.05, 0.1) is 11.3 Å². The smallest absolute Gasteiger partial charge is 0.257 e. The van der Waals surface area contributed by atoms with E-state index < -0.39 is 5.24 Å². The fourth-order valence-electron chi connectivity index (χ4n) is 0.998. The summed E-state index contributed by atoms with van der Waals surface area (Å²) in [5.74, 6) is 0. The number of rotatable bonds is 2. The maximum atomic E-state index is 10.9. The quantitative estimate of drug-likeness (QED) is 0.695. The predicted molar refractivity (Wildman–Crippen MR) is 47.8 cm³/mol. The molecule has 1 heterocycles. The van der Waals surface area contributed by atoms with Crippen LogP contribution in [0.15, 0.2) is 0 Å². The fourth-order valence-corrected chi connectivity index (χ4v) is 1.48. The van der Waals surface area contributed by atoms with Gasteiger partial charge in [0.25, 0.3) is 5.24 Å². The van der Waals surface area contributed by atoms with Gasteiger partial charge in [0.15, 0.2) is 0 Å². The number of aryl methyl sites for hydroxylation is 2. The van der Waals surface area contributed by atoms with E-state index in [-0.39, 0.29) is 0 Å². The van der Waals surface area contributed by atoms with Gasteiger partial charge >= 0.3 is 0 Å². The van der Waals surface area contributed by atoms with Crippen LogP contribution in [-0.2, 0) is 13.5 Å². The topological polar surface area (TPSA) is 34.9 Å². The van der Waals surface area contributed by atoms with Gasteiger partial charge in [0.1, 0.15) is 5.15 Å². The van der Waals surface area contributed by atoms with Crippen molar-refractivity contribution in [1.82, 2.24) is 9.78 Å².